The number of hydrogen-bond acceptors (Lipinski definition) is 1. The SMILES string of the molecule is CC(C)(C)P(=NC1=CC=CC1)(C(C)(C)C)C(C)(C)C.CC=CC=CCCC.[Ti]. The minimum absolute atomic E-state index is 0. The monoisotopic (exact) mass is 439 g/mol. The van der Waals surface area contributed by atoms with E-state index in [1.807, 2.05) is 13.0 Å². The molecule has 1 aliphatic carbocycles. The largest absolute Gasteiger partial charge is 0.270 e. The van der Waals surface area contributed by atoms with E-state index in [1.54, 1.807) is 0 Å². The standard InChI is InChI=1S/C17H32NP.C8H14.Ti/c1-15(2,3)19(16(4,5)6,17(7,8)9)18-14-12-10-11-13-14;1-3-5-7-8-6-4-2;/h10-12H,13H2,1-9H3;3,5,7-8H,4,6H2,1-2H3;. The molecule has 1 nitrogen and oxygen atoms in total. The average Bonchev–Trinajstić information content (AvgIpc) is 2.99. The van der Waals surface area contributed by atoms with Crippen LogP contribution in [-0.2, 0) is 21.7 Å². The van der Waals surface area contributed by atoms with Crippen LogP contribution in [0.3, 0.4) is 0 Å². The van der Waals surface area contributed by atoms with Crippen LogP contribution in [0.2, 0.25) is 0 Å². The Morgan fingerprint density at radius 3 is 1.75 bits per heavy atom. The van der Waals surface area contributed by atoms with Gasteiger partial charge in [-0.3, -0.25) is 4.74 Å². The molecule has 0 aromatic rings. The third-order valence-corrected chi connectivity index (χ3v) is 11.2. The molecule has 0 aromatic heterocycles. The van der Waals surface area contributed by atoms with E-state index in [2.05, 4.69) is 106 Å². The van der Waals surface area contributed by atoms with Gasteiger partial charge < -0.3 is 0 Å². The zero-order valence-electron chi connectivity index (χ0n) is 20.6. The molecule has 3 heteroatoms. The third-order valence-electron chi connectivity index (χ3n) is 4.84. The Kier molecular flexibility index (Phi) is 13.5. The fourth-order valence-corrected chi connectivity index (χ4v) is 12.1. The van der Waals surface area contributed by atoms with E-state index in [9.17, 15) is 0 Å². The summed E-state index contributed by atoms with van der Waals surface area (Å²) in [6.45, 7) is 25.6. The summed E-state index contributed by atoms with van der Waals surface area (Å²) in [4.78, 5) is 0. The second kappa shape index (κ2) is 12.6. The molecule has 0 unspecified atom stereocenters. The second-order valence-electron chi connectivity index (χ2n) is 10.3. The Labute approximate surface area is 192 Å². The van der Waals surface area contributed by atoms with Crippen molar-refractivity contribution in [1.29, 1.82) is 0 Å². The molecule has 0 saturated carbocycles. The van der Waals surface area contributed by atoms with Crippen LogP contribution in [0.15, 0.2) is 53.0 Å². The van der Waals surface area contributed by atoms with Crippen LogP contribution >= 0.6 is 7.05 Å². The van der Waals surface area contributed by atoms with Crippen molar-refractivity contribution in [3.8, 4) is 0 Å². The smallest absolute Gasteiger partial charge is 0.0425 e. The molecule has 0 spiro atoms. The van der Waals surface area contributed by atoms with Gasteiger partial charge in [0.2, 0.25) is 0 Å². The van der Waals surface area contributed by atoms with E-state index < -0.39 is 7.05 Å². The van der Waals surface area contributed by atoms with Crippen molar-refractivity contribution in [2.24, 2.45) is 4.74 Å². The zero-order chi connectivity index (χ0) is 21.4. The number of nitrogens with zero attached hydrogens (tertiary/aromatic N) is 1. The first-order valence-corrected chi connectivity index (χ1v) is 12.2. The predicted molar refractivity (Wildman–Crippen MR) is 129 cm³/mol. The number of rotatable bonds is 4. The minimum atomic E-state index is -1.58. The molecule has 0 N–H and O–H groups in total. The van der Waals surface area contributed by atoms with Crippen molar-refractivity contribution in [2.45, 2.75) is 111 Å². The Hall–Kier alpha value is -0.0957. The van der Waals surface area contributed by atoms with Crippen LogP contribution in [0, 0.1) is 0 Å². The van der Waals surface area contributed by atoms with Gasteiger partial charge in [0.05, 0.1) is 0 Å². The molecule has 28 heavy (non-hydrogen) atoms. The molecule has 1 rings (SSSR count). The fraction of sp³-hybridized carbons (Fsp3) is 0.680. The number of unbranched alkanes of at least 4 members (excludes halogenated alkanes) is 1. The van der Waals surface area contributed by atoms with Crippen molar-refractivity contribution in [1.82, 2.24) is 0 Å². The van der Waals surface area contributed by atoms with Crippen molar-refractivity contribution in [3.63, 3.8) is 0 Å². The van der Waals surface area contributed by atoms with Crippen LogP contribution in [-0.4, -0.2) is 15.5 Å². The molecule has 1 aliphatic rings. The Balaban J connectivity index is 0. The van der Waals surface area contributed by atoms with Gasteiger partial charge in [-0.15, -0.1) is 0 Å². The topological polar surface area (TPSA) is 12.4 Å². The maximum Gasteiger partial charge on any atom is 0.0425 e. The molecule has 0 aromatic carbocycles. The molecular formula is C25H46NPTi. The van der Waals surface area contributed by atoms with Gasteiger partial charge in [0.1, 0.15) is 0 Å². The molecule has 160 valence electrons. The minimum Gasteiger partial charge on any atom is -0.270 e. The van der Waals surface area contributed by atoms with Crippen molar-refractivity contribution < 1.29 is 21.7 Å². The fourth-order valence-electron chi connectivity index (χ4n) is 4.62. The third kappa shape index (κ3) is 8.34. The van der Waals surface area contributed by atoms with Gasteiger partial charge in [0.25, 0.3) is 0 Å². The van der Waals surface area contributed by atoms with Crippen LogP contribution in [0.25, 0.3) is 0 Å². The maximum atomic E-state index is 5.43. The summed E-state index contributed by atoms with van der Waals surface area (Å²) in [6.07, 6.45) is 18.3. The summed E-state index contributed by atoms with van der Waals surface area (Å²) >= 11 is 0. The van der Waals surface area contributed by atoms with Crippen molar-refractivity contribution in [3.05, 3.63) is 48.2 Å². The van der Waals surface area contributed by atoms with E-state index in [-0.39, 0.29) is 37.2 Å². The first-order valence-electron chi connectivity index (χ1n) is 10.5. The maximum absolute atomic E-state index is 5.43. The molecule has 0 saturated heterocycles. The van der Waals surface area contributed by atoms with Gasteiger partial charge in [-0.05, 0) is 41.9 Å². The molecule has 0 bridgehead atoms. The van der Waals surface area contributed by atoms with Gasteiger partial charge in [0.15, 0.2) is 0 Å². The van der Waals surface area contributed by atoms with E-state index in [0.29, 0.717) is 0 Å². The summed E-state index contributed by atoms with van der Waals surface area (Å²) in [5.74, 6) is 0. The molecule has 0 atom stereocenters. The first kappa shape index (κ1) is 30.1. The normalized spacial score (nSPS) is 15.3. The van der Waals surface area contributed by atoms with E-state index in [0.717, 1.165) is 6.42 Å². The summed E-state index contributed by atoms with van der Waals surface area (Å²) in [6, 6.07) is 0. The van der Waals surface area contributed by atoms with Crippen LogP contribution in [0.4, 0.5) is 0 Å². The molecule has 0 aliphatic heterocycles. The molecule has 0 amide bonds. The van der Waals surface area contributed by atoms with Crippen LogP contribution in [0.5, 0.6) is 0 Å². The van der Waals surface area contributed by atoms with Gasteiger partial charge in [-0.2, -0.15) is 0 Å². The van der Waals surface area contributed by atoms with Gasteiger partial charge in [-0.1, -0.05) is 112 Å². The van der Waals surface area contributed by atoms with Crippen LogP contribution < -0.4 is 0 Å². The average molecular weight is 439 g/mol. The summed E-state index contributed by atoms with van der Waals surface area (Å²) < 4.78 is 5.43. The molecule has 0 fully saturated rings. The van der Waals surface area contributed by atoms with Gasteiger partial charge in [-0.25, -0.2) is 0 Å². The Morgan fingerprint density at radius 2 is 1.43 bits per heavy atom. The summed E-state index contributed by atoms with van der Waals surface area (Å²) in [5.41, 5.74) is 1.27. The van der Waals surface area contributed by atoms with Crippen molar-refractivity contribution in [2.75, 3.05) is 0 Å². The second-order valence-corrected chi connectivity index (χ2v) is 15.8. The summed E-state index contributed by atoms with van der Waals surface area (Å²) in [5, 5.41) is 0.646. The summed E-state index contributed by atoms with van der Waals surface area (Å²) in [7, 11) is -1.58. The van der Waals surface area contributed by atoms with Crippen LogP contribution in [0.1, 0.15) is 95.4 Å². The van der Waals surface area contributed by atoms with E-state index in [1.165, 1.54) is 18.5 Å². The van der Waals surface area contributed by atoms with Gasteiger partial charge in [0, 0.05) is 33.8 Å². The van der Waals surface area contributed by atoms with Crippen molar-refractivity contribution >= 4 is 7.05 Å². The molecular weight excluding hydrogens is 393 g/mol. The van der Waals surface area contributed by atoms with Gasteiger partial charge >= 0.3 is 0 Å². The Bertz CT molecular complexity index is 572. The van der Waals surface area contributed by atoms with E-state index in [4.69, 9.17) is 4.74 Å². The molecule has 0 radical (unpaired) electrons. The molecule has 0 heterocycles. The zero-order valence-corrected chi connectivity index (χ0v) is 23.0. The quantitative estimate of drug-likeness (QED) is 0.235. The number of allylic oxidation sites excluding steroid dienone is 7. The van der Waals surface area contributed by atoms with E-state index >= 15 is 0 Å². The Morgan fingerprint density at radius 1 is 0.929 bits per heavy atom. The predicted octanol–water partition coefficient (Wildman–Crippen LogP) is 9.34. The first-order chi connectivity index (χ1) is 12.2. The number of hydrogen-bond donors (Lipinski definition) is 0.